The van der Waals surface area contributed by atoms with Gasteiger partial charge in [0.25, 0.3) is 0 Å². The Balaban J connectivity index is 4.54. The van der Waals surface area contributed by atoms with E-state index >= 15 is 0 Å². The van der Waals surface area contributed by atoms with Crippen LogP contribution in [0.2, 0.25) is 0 Å². The Bertz CT molecular complexity index is 403. The fourth-order valence-electron chi connectivity index (χ4n) is 1.26. The topological polar surface area (TPSA) is 76.1 Å². The Labute approximate surface area is 126 Å². The van der Waals surface area contributed by atoms with Gasteiger partial charge in [-0.1, -0.05) is 6.58 Å². The van der Waals surface area contributed by atoms with E-state index in [1.54, 1.807) is 41.5 Å². The van der Waals surface area contributed by atoms with Gasteiger partial charge in [0.15, 0.2) is 0 Å². The molecule has 0 aliphatic rings. The van der Waals surface area contributed by atoms with Crippen LogP contribution in [-0.4, -0.2) is 53.0 Å². The van der Waals surface area contributed by atoms with Crippen molar-refractivity contribution in [3.05, 3.63) is 12.2 Å². The average Bonchev–Trinajstić information content (AvgIpc) is 2.22. The molecule has 0 rings (SSSR count). The van der Waals surface area contributed by atoms with Crippen LogP contribution in [0.4, 0.5) is 4.79 Å². The van der Waals surface area contributed by atoms with E-state index in [4.69, 9.17) is 9.47 Å². The summed E-state index contributed by atoms with van der Waals surface area (Å²) in [4.78, 5) is 24.7. The van der Waals surface area contributed by atoms with Gasteiger partial charge in [0.05, 0.1) is 12.1 Å². The highest BCUT2D eigenvalue weighted by Crippen LogP contribution is 2.14. The van der Waals surface area contributed by atoms with Crippen LogP contribution < -0.4 is 0 Å². The molecule has 0 aliphatic heterocycles. The zero-order valence-corrected chi connectivity index (χ0v) is 14.0. The highest BCUT2D eigenvalue weighted by atomic mass is 16.6. The minimum atomic E-state index is -1.21. The van der Waals surface area contributed by atoms with Crippen molar-refractivity contribution >= 4 is 12.1 Å². The Morgan fingerprint density at radius 2 is 1.52 bits per heavy atom. The van der Waals surface area contributed by atoms with E-state index < -0.39 is 29.4 Å². The first kappa shape index (κ1) is 19.4. The molecule has 0 fully saturated rings. The highest BCUT2D eigenvalue weighted by molar-refractivity contribution is 5.89. The molecule has 0 spiro atoms. The van der Waals surface area contributed by atoms with Crippen LogP contribution in [0.5, 0.6) is 0 Å². The molecule has 0 aromatic carbocycles. The maximum atomic E-state index is 11.8. The van der Waals surface area contributed by atoms with Gasteiger partial charge in [-0.3, -0.25) is 0 Å². The van der Waals surface area contributed by atoms with Gasteiger partial charge in [0.1, 0.15) is 17.3 Å². The van der Waals surface area contributed by atoms with Crippen molar-refractivity contribution in [3.8, 4) is 0 Å². The summed E-state index contributed by atoms with van der Waals surface area (Å²) in [6.07, 6.45) is -1.80. The molecule has 1 amide bonds. The van der Waals surface area contributed by atoms with Gasteiger partial charge in [-0.05, 0) is 41.5 Å². The van der Waals surface area contributed by atoms with Crippen LogP contribution in [0.15, 0.2) is 12.2 Å². The third-order valence-corrected chi connectivity index (χ3v) is 2.22. The molecular weight excluding hydrogens is 274 g/mol. The van der Waals surface area contributed by atoms with Gasteiger partial charge < -0.3 is 19.5 Å². The molecule has 0 saturated carbocycles. The van der Waals surface area contributed by atoms with Gasteiger partial charge in [-0.2, -0.15) is 0 Å². The summed E-state index contributed by atoms with van der Waals surface area (Å²) in [6, 6.07) is 0. The zero-order valence-electron chi connectivity index (χ0n) is 14.0. The molecule has 6 nitrogen and oxygen atoms in total. The molecule has 0 aliphatic carbocycles. The summed E-state index contributed by atoms with van der Waals surface area (Å²) in [5.41, 5.74) is -1.39. The van der Waals surface area contributed by atoms with Crippen molar-refractivity contribution < 1.29 is 24.2 Å². The normalized spacial score (nSPS) is 13.3. The largest absolute Gasteiger partial charge is 0.457 e. The molecule has 122 valence electrons. The van der Waals surface area contributed by atoms with Crippen molar-refractivity contribution in [1.29, 1.82) is 0 Å². The molecule has 0 aromatic heterocycles. The summed E-state index contributed by atoms with van der Waals surface area (Å²) in [5.74, 6) is -0.687. The SMILES string of the molecule is C=C(C(=O)OC(C)(C)C)C(O)CN(C)C(=O)OC(C)(C)C. The molecule has 21 heavy (non-hydrogen) atoms. The second-order valence-corrected chi connectivity index (χ2v) is 6.90. The molecule has 1 atom stereocenters. The summed E-state index contributed by atoms with van der Waals surface area (Å²) in [5, 5.41) is 9.95. The number of rotatable bonds is 4. The first-order valence-electron chi connectivity index (χ1n) is 6.77. The number of aliphatic hydroxyl groups excluding tert-OH is 1. The minimum Gasteiger partial charge on any atom is -0.457 e. The van der Waals surface area contributed by atoms with E-state index in [9.17, 15) is 14.7 Å². The number of esters is 1. The van der Waals surface area contributed by atoms with E-state index in [1.807, 2.05) is 0 Å². The van der Waals surface area contributed by atoms with Gasteiger partial charge in [0.2, 0.25) is 0 Å². The number of amides is 1. The third kappa shape index (κ3) is 8.34. The average molecular weight is 301 g/mol. The Morgan fingerprint density at radius 3 is 1.90 bits per heavy atom. The van der Waals surface area contributed by atoms with Crippen molar-refractivity contribution in [2.75, 3.05) is 13.6 Å². The lowest BCUT2D eigenvalue weighted by atomic mass is 10.1. The number of nitrogens with zero attached hydrogens (tertiary/aromatic N) is 1. The van der Waals surface area contributed by atoms with Crippen LogP contribution >= 0.6 is 0 Å². The standard InChI is InChI=1S/C15H27NO5/c1-10(12(18)20-14(2,3)4)11(17)9-16(8)13(19)21-15(5,6)7/h11,17H,1,9H2,2-8H3. The Kier molecular flexibility index (Phi) is 6.42. The Morgan fingerprint density at radius 1 is 1.10 bits per heavy atom. The maximum Gasteiger partial charge on any atom is 0.410 e. The third-order valence-electron chi connectivity index (χ3n) is 2.22. The minimum absolute atomic E-state index is 0.0969. The lowest BCUT2D eigenvalue weighted by Crippen LogP contribution is -2.40. The summed E-state index contributed by atoms with van der Waals surface area (Å²) < 4.78 is 10.3. The first-order chi connectivity index (χ1) is 9.23. The number of aliphatic hydroxyl groups is 1. The first-order valence-corrected chi connectivity index (χ1v) is 6.77. The molecule has 0 radical (unpaired) electrons. The lowest BCUT2D eigenvalue weighted by Gasteiger charge is -2.27. The van der Waals surface area contributed by atoms with Crippen molar-refractivity contribution in [2.45, 2.75) is 58.8 Å². The predicted octanol–water partition coefficient (Wildman–Crippen LogP) is 2.11. The molecule has 0 saturated heterocycles. The van der Waals surface area contributed by atoms with Crippen LogP contribution in [0.25, 0.3) is 0 Å². The van der Waals surface area contributed by atoms with Crippen molar-refractivity contribution in [2.24, 2.45) is 0 Å². The summed E-state index contributed by atoms with van der Waals surface area (Å²) >= 11 is 0. The predicted molar refractivity (Wildman–Crippen MR) is 79.9 cm³/mol. The molecule has 0 aromatic rings. The van der Waals surface area contributed by atoms with Crippen molar-refractivity contribution in [3.63, 3.8) is 0 Å². The van der Waals surface area contributed by atoms with Crippen LogP contribution in [0, 0.1) is 0 Å². The monoisotopic (exact) mass is 301 g/mol. The van der Waals surface area contributed by atoms with Gasteiger partial charge in [-0.15, -0.1) is 0 Å². The van der Waals surface area contributed by atoms with Gasteiger partial charge in [-0.25, -0.2) is 9.59 Å². The van der Waals surface area contributed by atoms with E-state index in [0.29, 0.717) is 0 Å². The van der Waals surface area contributed by atoms with E-state index in [1.165, 1.54) is 11.9 Å². The maximum absolute atomic E-state index is 11.8. The van der Waals surface area contributed by atoms with Crippen LogP contribution in [0.3, 0.4) is 0 Å². The second-order valence-electron chi connectivity index (χ2n) is 6.90. The second kappa shape index (κ2) is 6.93. The smallest absolute Gasteiger partial charge is 0.410 e. The van der Waals surface area contributed by atoms with Crippen LogP contribution in [0.1, 0.15) is 41.5 Å². The Hall–Kier alpha value is -1.56. The number of carbonyl (C=O) groups excluding carboxylic acids is 2. The quantitative estimate of drug-likeness (QED) is 0.636. The molecular formula is C15H27NO5. The molecule has 0 bridgehead atoms. The number of carbonyl (C=O) groups is 2. The summed E-state index contributed by atoms with van der Waals surface area (Å²) in [6.45, 7) is 13.8. The molecule has 1 unspecified atom stereocenters. The van der Waals surface area contributed by atoms with Crippen molar-refractivity contribution in [1.82, 2.24) is 4.90 Å². The number of ether oxygens (including phenoxy) is 2. The fraction of sp³-hybridized carbons (Fsp3) is 0.733. The van der Waals surface area contributed by atoms with E-state index in [2.05, 4.69) is 6.58 Å². The molecule has 0 heterocycles. The van der Waals surface area contributed by atoms with Gasteiger partial charge >= 0.3 is 12.1 Å². The van der Waals surface area contributed by atoms with E-state index in [0.717, 1.165) is 0 Å². The zero-order chi connectivity index (χ0) is 17.0. The number of hydrogen-bond acceptors (Lipinski definition) is 5. The van der Waals surface area contributed by atoms with E-state index in [-0.39, 0.29) is 12.1 Å². The number of hydrogen-bond donors (Lipinski definition) is 1. The molecule has 6 heteroatoms. The molecule has 1 N–H and O–H groups in total. The number of likely N-dealkylation sites (N-methyl/N-ethyl adjacent to an activating group) is 1. The summed E-state index contributed by atoms with van der Waals surface area (Å²) in [7, 11) is 1.47. The highest BCUT2D eigenvalue weighted by Gasteiger charge is 2.26. The van der Waals surface area contributed by atoms with Gasteiger partial charge in [0, 0.05) is 7.05 Å². The fourth-order valence-corrected chi connectivity index (χ4v) is 1.26. The van der Waals surface area contributed by atoms with Crippen LogP contribution in [-0.2, 0) is 14.3 Å². The lowest BCUT2D eigenvalue weighted by molar-refractivity contribution is -0.151.